The predicted octanol–water partition coefficient (Wildman–Crippen LogP) is -0.687. The molecular formula is C9H15NO7. The van der Waals surface area contributed by atoms with Gasteiger partial charge in [-0.3, -0.25) is 19.2 Å². The SMILES string of the molecule is CC(=O)CC(=O)O.NC(CCC(=O)O)C(=O)O. The van der Waals surface area contributed by atoms with Gasteiger partial charge in [-0.2, -0.15) is 0 Å². The van der Waals surface area contributed by atoms with Gasteiger partial charge < -0.3 is 21.1 Å². The Kier molecular flexibility index (Phi) is 9.52. The van der Waals surface area contributed by atoms with Crippen LogP contribution in [0.15, 0.2) is 0 Å². The second-order valence-electron chi connectivity index (χ2n) is 3.15. The number of carbonyl (C=O) groups is 4. The van der Waals surface area contributed by atoms with Crippen molar-refractivity contribution >= 4 is 23.7 Å². The van der Waals surface area contributed by atoms with Crippen LogP contribution in [0.2, 0.25) is 0 Å². The van der Waals surface area contributed by atoms with Gasteiger partial charge in [-0.1, -0.05) is 0 Å². The van der Waals surface area contributed by atoms with E-state index in [1.54, 1.807) is 0 Å². The minimum Gasteiger partial charge on any atom is -0.481 e. The molecule has 5 N–H and O–H groups in total. The topological polar surface area (TPSA) is 155 Å². The maximum atomic E-state index is 9.99. The smallest absolute Gasteiger partial charge is 0.320 e. The first-order chi connectivity index (χ1) is 7.66. The molecule has 0 fully saturated rings. The molecular weight excluding hydrogens is 234 g/mol. The Labute approximate surface area is 97.0 Å². The molecule has 0 aromatic carbocycles. The first kappa shape index (κ1) is 17.4. The zero-order chi connectivity index (χ0) is 14.0. The number of nitrogens with two attached hydrogens (primary N) is 1. The van der Waals surface area contributed by atoms with Crippen molar-refractivity contribution in [2.75, 3.05) is 0 Å². The van der Waals surface area contributed by atoms with Gasteiger partial charge in [0.25, 0.3) is 0 Å². The van der Waals surface area contributed by atoms with Gasteiger partial charge in [0, 0.05) is 6.42 Å². The molecule has 0 heterocycles. The molecule has 1 atom stereocenters. The lowest BCUT2D eigenvalue weighted by Gasteiger charge is -2.01. The van der Waals surface area contributed by atoms with Crippen molar-refractivity contribution in [3.63, 3.8) is 0 Å². The largest absolute Gasteiger partial charge is 0.481 e. The molecule has 8 heteroatoms. The van der Waals surface area contributed by atoms with Crippen LogP contribution in [0, 0.1) is 0 Å². The highest BCUT2D eigenvalue weighted by molar-refractivity contribution is 5.93. The Morgan fingerprint density at radius 1 is 1.06 bits per heavy atom. The maximum Gasteiger partial charge on any atom is 0.320 e. The number of ketones is 1. The summed E-state index contributed by atoms with van der Waals surface area (Å²) < 4.78 is 0. The fraction of sp³-hybridized carbons (Fsp3) is 0.556. The summed E-state index contributed by atoms with van der Waals surface area (Å²) in [4.78, 5) is 39.3. The molecule has 17 heavy (non-hydrogen) atoms. The van der Waals surface area contributed by atoms with E-state index < -0.39 is 23.9 Å². The van der Waals surface area contributed by atoms with Crippen LogP contribution in [0.3, 0.4) is 0 Å². The van der Waals surface area contributed by atoms with Gasteiger partial charge in [-0.15, -0.1) is 0 Å². The van der Waals surface area contributed by atoms with Crippen LogP contribution >= 0.6 is 0 Å². The molecule has 0 spiro atoms. The van der Waals surface area contributed by atoms with Crippen LogP contribution in [-0.4, -0.2) is 45.1 Å². The molecule has 0 aliphatic heterocycles. The van der Waals surface area contributed by atoms with E-state index in [0.29, 0.717) is 0 Å². The van der Waals surface area contributed by atoms with Crippen molar-refractivity contribution in [2.45, 2.75) is 32.2 Å². The first-order valence-electron chi connectivity index (χ1n) is 4.58. The summed E-state index contributed by atoms with van der Waals surface area (Å²) in [5.74, 6) is -3.57. The van der Waals surface area contributed by atoms with E-state index in [0.717, 1.165) is 0 Å². The van der Waals surface area contributed by atoms with Crippen LogP contribution in [0.5, 0.6) is 0 Å². The lowest BCUT2D eigenvalue weighted by atomic mass is 10.2. The van der Waals surface area contributed by atoms with Gasteiger partial charge in [-0.25, -0.2) is 0 Å². The normalized spacial score (nSPS) is 10.7. The third kappa shape index (κ3) is 16.7. The van der Waals surface area contributed by atoms with Gasteiger partial charge in [0.15, 0.2) is 0 Å². The lowest BCUT2D eigenvalue weighted by molar-refractivity contribution is -0.141. The lowest BCUT2D eigenvalue weighted by Crippen LogP contribution is -2.30. The standard InChI is InChI=1S/C5H9NO4.C4H6O3/c6-3(5(9)10)1-2-4(7)8;1-3(5)2-4(6)7/h3H,1-2,6H2,(H,7,8)(H,9,10);2H2,1H3,(H,6,7). The Balaban J connectivity index is 0. The third-order valence-corrected chi connectivity index (χ3v) is 1.39. The molecule has 0 amide bonds. The maximum absolute atomic E-state index is 9.99. The van der Waals surface area contributed by atoms with Crippen LogP contribution in [0.25, 0.3) is 0 Å². The van der Waals surface area contributed by atoms with Crippen molar-refractivity contribution in [1.29, 1.82) is 0 Å². The molecule has 0 saturated carbocycles. The Bertz CT molecular complexity index is 288. The zero-order valence-corrected chi connectivity index (χ0v) is 9.25. The van der Waals surface area contributed by atoms with Crippen molar-refractivity contribution in [1.82, 2.24) is 0 Å². The zero-order valence-electron chi connectivity index (χ0n) is 9.25. The molecule has 0 bridgehead atoms. The molecule has 0 aromatic rings. The fourth-order valence-corrected chi connectivity index (χ4v) is 0.615. The van der Waals surface area contributed by atoms with Crippen LogP contribution in [0.1, 0.15) is 26.2 Å². The average Bonchev–Trinajstić information content (AvgIpc) is 2.12. The van der Waals surface area contributed by atoms with Crippen LogP contribution in [0.4, 0.5) is 0 Å². The van der Waals surface area contributed by atoms with E-state index >= 15 is 0 Å². The summed E-state index contributed by atoms with van der Waals surface area (Å²) in [7, 11) is 0. The van der Waals surface area contributed by atoms with E-state index in [9.17, 15) is 19.2 Å². The number of hydrogen-bond acceptors (Lipinski definition) is 5. The van der Waals surface area contributed by atoms with E-state index in [4.69, 9.17) is 21.1 Å². The molecule has 0 radical (unpaired) electrons. The highest BCUT2D eigenvalue weighted by Gasteiger charge is 2.12. The van der Waals surface area contributed by atoms with E-state index in [1.807, 2.05) is 0 Å². The number of carboxylic acids is 3. The number of rotatable bonds is 6. The summed E-state index contributed by atoms with van der Waals surface area (Å²) in [6.45, 7) is 1.24. The Morgan fingerprint density at radius 3 is 1.71 bits per heavy atom. The summed E-state index contributed by atoms with van der Waals surface area (Å²) in [5, 5.41) is 24.1. The Morgan fingerprint density at radius 2 is 1.53 bits per heavy atom. The molecule has 0 saturated heterocycles. The van der Waals surface area contributed by atoms with E-state index in [-0.39, 0.29) is 25.0 Å². The number of hydrogen-bond donors (Lipinski definition) is 4. The predicted molar refractivity (Wildman–Crippen MR) is 55.4 cm³/mol. The number of aliphatic carboxylic acids is 3. The van der Waals surface area contributed by atoms with Crippen LogP contribution < -0.4 is 5.73 Å². The fourth-order valence-electron chi connectivity index (χ4n) is 0.615. The van der Waals surface area contributed by atoms with Crippen molar-refractivity contribution in [2.24, 2.45) is 5.73 Å². The summed E-state index contributed by atoms with van der Waals surface area (Å²) in [6.07, 6.45) is -0.585. The summed E-state index contributed by atoms with van der Waals surface area (Å²) >= 11 is 0. The minimum atomic E-state index is -1.17. The van der Waals surface area contributed by atoms with Gasteiger partial charge in [0.1, 0.15) is 18.2 Å². The minimum absolute atomic E-state index is 0.0231. The molecule has 0 aromatic heterocycles. The van der Waals surface area contributed by atoms with Crippen molar-refractivity contribution < 1.29 is 34.5 Å². The average molecular weight is 249 g/mol. The monoisotopic (exact) mass is 249 g/mol. The van der Waals surface area contributed by atoms with Crippen LogP contribution in [-0.2, 0) is 19.2 Å². The number of Topliss-reactive ketones (excluding diaryl/α,β-unsaturated/α-hetero) is 1. The van der Waals surface area contributed by atoms with Gasteiger partial charge >= 0.3 is 17.9 Å². The molecule has 0 aliphatic carbocycles. The third-order valence-electron chi connectivity index (χ3n) is 1.39. The number of carboxylic acid groups (broad SMARTS) is 3. The molecule has 1 unspecified atom stereocenters. The molecule has 98 valence electrons. The molecule has 0 rings (SSSR count). The molecule has 0 aliphatic rings. The quantitative estimate of drug-likeness (QED) is 0.451. The van der Waals surface area contributed by atoms with Gasteiger partial charge in [-0.05, 0) is 13.3 Å². The van der Waals surface area contributed by atoms with E-state index in [2.05, 4.69) is 0 Å². The second-order valence-corrected chi connectivity index (χ2v) is 3.15. The second kappa shape index (κ2) is 9.28. The molecule has 8 nitrogen and oxygen atoms in total. The van der Waals surface area contributed by atoms with Gasteiger partial charge in [0.2, 0.25) is 0 Å². The number of carbonyl (C=O) groups excluding carboxylic acids is 1. The first-order valence-corrected chi connectivity index (χ1v) is 4.58. The summed E-state index contributed by atoms with van der Waals surface area (Å²) in [5.41, 5.74) is 5.00. The van der Waals surface area contributed by atoms with Crippen molar-refractivity contribution in [3.8, 4) is 0 Å². The van der Waals surface area contributed by atoms with Gasteiger partial charge in [0.05, 0.1) is 0 Å². The Hall–Kier alpha value is -1.96. The highest BCUT2D eigenvalue weighted by atomic mass is 16.4. The van der Waals surface area contributed by atoms with E-state index in [1.165, 1.54) is 6.92 Å². The highest BCUT2D eigenvalue weighted by Crippen LogP contribution is 1.93. The summed E-state index contributed by atoms with van der Waals surface area (Å²) in [6, 6.07) is -1.06. The van der Waals surface area contributed by atoms with Crippen molar-refractivity contribution in [3.05, 3.63) is 0 Å².